The van der Waals surface area contributed by atoms with Gasteiger partial charge < -0.3 is 13.9 Å². The largest absolute Gasteiger partial charge is 0.466 e. The Balaban J connectivity index is 2.84. The van der Waals surface area contributed by atoms with Crippen molar-refractivity contribution in [2.45, 2.75) is 64.0 Å². The summed E-state index contributed by atoms with van der Waals surface area (Å²) in [6, 6.07) is 0. The van der Waals surface area contributed by atoms with E-state index < -0.39 is 8.32 Å². The molecular weight excluding hydrogens is 272 g/mol. The van der Waals surface area contributed by atoms with Crippen LogP contribution in [0.4, 0.5) is 0 Å². The van der Waals surface area contributed by atoms with E-state index in [1.165, 1.54) is 7.11 Å². The number of hydrogen-bond donors (Lipinski definition) is 0. The lowest BCUT2D eigenvalue weighted by Gasteiger charge is -2.41. The molecule has 0 aromatic heterocycles. The fraction of sp³-hybridized carbons (Fsp3) is 0.800. The van der Waals surface area contributed by atoms with Crippen LogP contribution in [0.3, 0.4) is 0 Å². The fourth-order valence-electron chi connectivity index (χ4n) is 2.05. The first-order chi connectivity index (χ1) is 9.12. The van der Waals surface area contributed by atoms with E-state index in [9.17, 15) is 4.79 Å². The van der Waals surface area contributed by atoms with Gasteiger partial charge in [0, 0.05) is 12.7 Å². The fourth-order valence-corrected chi connectivity index (χ4v) is 3.42. The summed E-state index contributed by atoms with van der Waals surface area (Å²) in [4.78, 5) is 11.6. The summed E-state index contributed by atoms with van der Waals surface area (Å²) in [5.41, 5.74) is 0.689. The molecule has 0 radical (unpaired) electrons. The van der Waals surface area contributed by atoms with Gasteiger partial charge in [0.25, 0.3) is 0 Å². The van der Waals surface area contributed by atoms with Gasteiger partial charge in [-0.3, -0.25) is 0 Å². The van der Waals surface area contributed by atoms with Crippen LogP contribution in [-0.2, 0) is 18.7 Å². The summed E-state index contributed by atoms with van der Waals surface area (Å²) in [5.74, 6) is -0.266. The second-order valence-corrected chi connectivity index (χ2v) is 11.6. The minimum absolute atomic E-state index is 0.0225. The van der Waals surface area contributed by atoms with Gasteiger partial charge in [-0.2, -0.15) is 0 Å². The summed E-state index contributed by atoms with van der Waals surface area (Å²) in [6.07, 6.45) is 3.19. The third kappa shape index (κ3) is 3.93. The summed E-state index contributed by atoms with van der Waals surface area (Å²) < 4.78 is 16.7. The van der Waals surface area contributed by atoms with Crippen molar-refractivity contribution in [1.82, 2.24) is 0 Å². The lowest BCUT2D eigenvalue weighted by molar-refractivity contribution is -0.136. The van der Waals surface area contributed by atoms with E-state index in [0.29, 0.717) is 12.0 Å². The molecular formula is C15H28O4Si. The minimum Gasteiger partial charge on any atom is -0.466 e. The standard InChI is InChI=1S/C15H28O4Si/c1-15(2,3)20(6,7)19-12-9-8-11(14(16)18-5)10-13(12)17-4/h10,12-13H,8-9H2,1-7H3/t12-,13+/m1/s1. The van der Waals surface area contributed by atoms with Crippen LogP contribution in [0, 0.1) is 0 Å². The van der Waals surface area contributed by atoms with Crippen LogP contribution in [0.5, 0.6) is 0 Å². The molecule has 116 valence electrons. The number of ether oxygens (including phenoxy) is 2. The molecule has 0 aromatic rings. The van der Waals surface area contributed by atoms with E-state index in [1.807, 2.05) is 6.08 Å². The zero-order chi connectivity index (χ0) is 15.6. The molecule has 0 aromatic carbocycles. The zero-order valence-corrected chi connectivity index (χ0v) is 14.8. The lowest BCUT2D eigenvalue weighted by Crippen LogP contribution is -2.48. The van der Waals surface area contributed by atoms with E-state index in [2.05, 4.69) is 33.9 Å². The first-order valence-corrected chi connectivity index (χ1v) is 10.0. The molecule has 0 amide bonds. The highest BCUT2D eigenvalue weighted by atomic mass is 28.4. The van der Waals surface area contributed by atoms with Crippen molar-refractivity contribution >= 4 is 14.3 Å². The van der Waals surface area contributed by atoms with Crippen LogP contribution in [0.15, 0.2) is 11.6 Å². The Hall–Kier alpha value is -0.653. The number of carbonyl (C=O) groups excluding carboxylic acids is 1. The van der Waals surface area contributed by atoms with Crippen molar-refractivity contribution in [3.63, 3.8) is 0 Å². The van der Waals surface area contributed by atoms with E-state index in [0.717, 1.165) is 6.42 Å². The molecule has 0 aliphatic heterocycles. The van der Waals surface area contributed by atoms with Crippen LogP contribution in [-0.4, -0.2) is 40.7 Å². The van der Waals surface area contributed by atoms with Gasteiger partial charge in [-0.05, 0) is 37.0 Å². The second kappa shape index (κ2) is 6.41. The number of esters is 1. The molecule has 2 atom stereocenters. The molecule has 1 aliphatic rings. The Labute approximate surface area is 123 Å². The lowest BCUT2D eigenvalue weighted by atomic mass is 9.95. The van der Waals surface area contributed by atoms with E-state index >= 15 is 0 Å². The van der Waals surface area contributed by atoms with Gasteiger partial charge in [0.05, 0.1) is 13.2 Å². The van der Waals surface area contributed by atoms with Gasteiger partial charge in [-0.1, -0.05) is 20.8 Å². The van der Waals surface area contributed by atoms with Gasteiger partial charge in [-0.25, -0.2) is 4.79 Å². The first-order valence-electron chi connectivity index (χ1n) is 7.12. The Morgan fingerprint density at radius 3 is 2.35 bits per heavy atom. The quantitative estimate of drug-likeness (QED) is 0.590. The smallest absolute Gasteiger partial charge is 0.333 e. The van der Waals surface area contributed by atoms with Gasteiger partial charge >= 0.3 is 5.97 Å². The molecule has 0 fully saturated rings. The molecule has 0 N–H and O–H groups in total. The first kappa shape index (κ1) is 17.4. The van der Waals surface area contributed by atoms with Crippen molar-refractivity contribution in [2.75, 3.05) is 14.2 Å². The molecule has 0 saturated carbocycles. The Morgan fingerprint density at radius 2 is 1.90 bits per heavy atom. The van der Waals surface area contributed by atoms with E-state index in [-0.39, 0.29) is 23.2 Å². The van der Waals surface area contributed by atoms with Gasteiger partial charge in [-0.15, -0.1) is 0 Å². The highest BCUT2D eigenvalue weighted by molar-refractivity contribution is 6.74. The maximum atomic E-state index is 11.6. The van der Waals surface area contributed by atoms with Gasteiger partial charge in [0.1, 0.15) is 6.10 Å². The molecule has 0 spiro atoms. The average molecular weight is 300 g/mol. The second-order valence-electron chi connectivity index (χ2n) is 6.84. The zero-order valence-electron chi connectivity index (χ0n) is 13.8. The number of hydrogen-bond acceptors (Lipinski definition) is 4. The summed E-state index contributed by atoms with van der Waals surface area (Å²) >= 11 is 0. The number of carbonyl (C=O) groups is 1. The SMILES string of the molecule is COC(=O)C1=C[C@H](OC)[C@H](O[Si](C)(C)C(C)(C)C)CC1. The molecule has 20 heavy (non-hydrogen) atoms. The molecule has 0 heterocycles. The molecule has 0 bridgehead atoms. The Morgan fingerprint density at radius 1 is 1.30 bits per heavy atom. The molecule has 1 aliphatic carbocycles. The normalized spacial score (nSPS) is 24.2. The minimum atomic E-state index is -1.83. The molecule has 1 rings (SSSR count). The molecule has 4 nitrogen and oxygen atoms in total. The maximum absolute atomic E-state index is 11.6. The van der Waals surface area contributed by atoms with Crippen LogP contribution in [0.1, 0.15) is 33.6 Å². The average Bonchev–Trinajstić information content (AvgIpc) is 2.36. The third-order valence-corrected chi connectivity index (χ3v) is 8.91. The van der Waals surface area contributed by atoms with Crippen LogP contribution < -0.4 is 0 Å². The van der Waals surface area contributed by atoms with Crippen LogP contribution in [0.25, 0.3) is 0 Å². The Kier molecular flexibility index (Phi) is 5.58. The summed E-state index contributed by atoms with van der Waals surface area (Å²) in [5, 5.41) is 0.164. The van der Waals surface area contributed by atoms with Crippen molar-refractivity contribution in [2.24, 2.45) is 0 Å². The Bertz CT molecular complexity index is 382. The van der Waals surface area contributed by atoms with Crippen molar-refractivity contribution in [3.8, 4) is 0 Å². The van der Waals surface area contributed by atoms with Crippen molar-refractivity contribution < 1.29 is 18.7 Å². The third-order valence-electron chi connectivity index (χ3n) is 4.40. The molecule has 5 heteroatoms. The van der Waals surface area contributed by atoms with Gasteiger partial charge in [0.2, 0.25) is 0 Å². The van der Waals surface area contributed by atoms with E-state index in [1.54, 1.807) is 7.11 Å². The topological polar surface area (TPSA) is 44.8 Å². The maximum Gasteiger partial charge on any atom is 0.333 e. The summed E-state index contributed by atoms with van der Waals surface area (Å²) in [7, 11) is 1.23. The van der Waals surface area contributed by atoms with Crippen molar-refractivity contribution in [3.05, 3.63) is 11.6 Å². The highest BCUT2D eigenvalue weighted by Crippen LogP contribution is 2.39. The number of rotatable bonds is 4. The predicted molar refractivity (Wildman–Crippen MR) is 82.2 cm³/mol. The van der Waals surface area contributed by atoms with Crippen LogP contribution in [0.2, 0.25) is 18.1 Å². The van der Waals surface area contributed by atoms with Crippen LogP contribution >= 0.6 is 0 Å². The molecule has 0 unspecified atom stereocenters. The highest BCUT2D eigenvalue weighted by Gasteiger charge is 2.41. The van der Waals surface area contributed by atoms with Gasteiger partial charge in [0.15, 0.2) is 8.32 Å². The predicted octanol–water partition coefficient (Wildman–Crippen LogP) is 3.29. The summed E-state index contributed by atoms with van der Waals surface area (Å²) in [6.45, 7) is 11.1. The van der Waals surface area contributed by atoms with Crippen molar-refractivity contribution in [1.29, 1.82) is 0 Å². The van der Waals surface area contributed by atoms with E-state index in [4.69, 9.17) is 13.9 Å². The molecule has 0 saturated heterocycles. The number of methoxy groups -OCH3 is 2. The monoisotopic (exact) mass is 300 g/mol.